The Morgan fingerprint density at radius 3 is 2.23 bits per heavy atom. The molecule has 2 rings (SSSR count). The molecule has 0 aliphatic rings. The van der Waals surface area contributed by atoms with E-state index in [0.29, 0.717) is 16.9 Å². The zero-order chi connectivity index (χ0) is 19.2. The summed E-state index contributed by atoms with van der Waals surface area (Å²) in [4.78, 5) is 11.2. The molecule has 0 saturated carbocycles. The number of sulfonamides is 1. The summed E-state index contributed by atoms with van der Waals surface area (Å²) in [6.45, 7) is 3.80. The highest BCUT2D eigenvalue weighted by Crippen LogP contribution is 2.22. The minimum atomic E-state index is -3.70. The molecule has 0 aliphatic heterocycles. The molecule has 0 bridgehead atoms. The van der Waals surface area contributed by atoms with Crippen molar-refractivity contribution in [2.75, 3.05) is 0 Å². The van der Waals surface area contributed by atoms with Gasteiger partial charge in [-0.15, -0.1) is 0 Å². The number of hydrogen-bond donors (Lipinski definition) is 2. The first-order valence-electron chi connectivity index (χ1n) is 8.27. The van der Waals surface area contributed by atoms with Crippen LogP contribution in [0.25, 0.3) is 0 Å². The molecule has 0 fully saturated rings. The van der Waals surface area contributed by atoms with E-state index >= 15 is 0 Å². The molecule has 6 nitrogen and oxygen atoms in total. The van der Waals surface area contributed by atoms with Crippen molar-refractivity contribution in [2.24, 2.45) is 0 Å². The van der Waals surface area contributed by atoms with E-state index in [1.807, 2.05) is 13.8 Å². The summed E-state index contributed by atoms with van der Waals surface area (Å²) < 4.78 is 33.0. The van der Waals surface area contributed by atoms with Gasteiger partial charge >= 0.3 is 5.97 Å². The van der Waals surface area contributed by atoms with Crippen molar-refractivity contribution in [3.05, 3.63) is 65.7 Å². The maximum Gasteiger partial charge on any atom is 0.305 e. The number of carboxylic acids is 1. The molecule has 1 atom stereocenters. The van der Waals surface area contributed by atoms with Gasteiger partial charge in [-0.25, -0.2) is 13.1 Å². The molecule has 2 aromatic carbocycles. The quantitative estimate of drug-likeness (QED) is 0.700. The zero-order valence-electron chi connectivity index (χ0n) is 14.8. The van der Waals surface area contributed by atoms with Gasteiger partial charge < -0.3 is 9.84 Å². The fraction of sp³-hybridized carbons (Fsp3) is 0.316. The van der Waals surface area contributed by atoms with Crippen molar-refractivity contribution in [3.63, 3.8) is 0 Å². The summed E-state index contributed by atoms with van der Waals surface area (Å²) in [7, 11) is -3.70. The van der Waals surface area contributed by atoms with Crippen LogP contribution in [0, 0.1) is 0 Å². The lowest BCUT2D eigenvalue weighted by Crippen LogP contribution is -2.31. The van der Waals surface area contributed by atoms with Gasteiger partial charge in [-0.1, -0.05) is 42.5 Å². The van der Waals surface area contributed by atoms with Crippen molar-refractivity contribution < 1.29 is 23.1 Å². The molecule has 7 heteroatoms. The maximum atomic E-state index is 12.4. The van der Waals surface area contributed by atoms with Crippen LogP contribution >= 0.6 is 0 Å². The first-order valence-corrected chi connectivity index (χ1v) is 9.93. The largest absolute Gasteiger partial charge is 0.491 e. The van der Waals surface area contributed by atoms with Gasteiger partial charge in [0.15, 0.2) is 0 Å². The van der Waals surface area contributed by atoms with Gasteiger partial charge in [0.25, 0.3) is 0 Å². The smallest absolute Gasteiger partial charge is 0.305 e. The summed E-state index contributed by atoms with van der Waals surface area (Å²) in [5.41, 5.74) is 1.20. The average molecular weight is 377 g/mol. The second kappa shape index (κ2) is 8.82. The molecule has 1 unspecified atom stereocenters. The first kappa shape index (κ1) is 19.9. The van der Waals surface area contributed by atoms with Crippen molar-refractivity contribution in [2.45, 2.75) is 38.2 Å². The Labute approximate surface area is 153 Å². The predicted octanol–water partition coefficient (Wildman–Crippen LogP) is 3.11. The van der Waals surface area contributed by atoms with E-state index in [-0.39, 0.29) is 18.3 Å². The van der Waals surface area contributed by atoms with Crippen molar-refractivity contribution in [1.29, 1.82) is 0 Å². The lowest BCUT2D eigenvalue weighted by molar-refractivity contribution is -0.137. The van der Waals surface area contributed by atoms with Gasteiger partial charge in [0.2, 0.25) is 10.0 Å². The molecule has 0 radical (unpaired) electrons. The van der Waals surface area contributed by atoms with Crippen molar-refractivity contribution >= 4 is 16.0 Å². The Kier molecular flexibility index (Phi) is 6.76. The standard InChI is InChI=1S/C19H23NO5S/c1-14(2)25-17-10-8-16(9-11-17)18(12-19(21)22)20-26(23,24)13-15-6-4-3-5-7-15/h3-11,14,18,20H,12-13H2,1-2H3,(H,21,22). The molecule has 2 aromatic rings. The van der Waals surface area contributed by atoms with Crippen LogP contribution in [0.2, 0.25) is 0 Å². The molecule has 0 heterocycles. The third kappa shape index (κ3) is 6.50. The number of hydrogen-bond acceptors (Lipinski definition) is 4. The van der Waals surface area contributed by atoms with Crippen LogP contribution in [0.15, 0.2) is 54.6 Å². The van der Waals surface area contributed by atoms with Gasteiger partial charge in [0, 0.05) is 0 Å². The van der Waals surface area contributed by atoms with E-state index in [4.69, 9.17) is 9.84 Å². The number of benzene rings is 2. The second-order valence-electron chi connectivity index (χ2n) is 6.25. The SMILES string of the molecule is CC(C)Oc1ccc(C(CC(=O)O)NS(=O)(=O)Cc2ccccc2)cc1. The summed E-state index contributed by atoms with van der Waals surface area (Å²) in [6, 6.07) is 14.7. The number of carboxylic acid groups (broad SMARTS) is 1. The van der Waals surface area contributed by atoms with Crippen LogP contribution in [0.3, 0.4) is 0 Å². The van der Waals surface area contributed by atoms with Crippen LogP contribution in [0.1, 0.15) is 37.4 Å². The minimum Gasteiger partial charge on any atom is -0.491 e. The van der Waals surface area contributed by atoms with E-state index in [0.717, 1.165) is 0 Å². The van der Waals surface area contributed by atoms with Crippen LogP contribution in [0.5, 0.6) is 5.75 Å². The van der Waals surface area contributed by atoms with Gasteiger partial charge in [-0.3, -0.25) is 4.79 Å². The predicted molar refractivity (Wildman–Crippen MR) is 99.4 cm³/mol. The number of ether oxygens (including phenoxy) is 1. The topological polar surface area (TPSA) is 92.7 Å². The highest BCUT2D eigenvalue weighted by molar-refractivity contribution is 7.88. The Balaban J connectivity index is 2.17. The van der Waals surface area contributed by atoms with Crippen LogP contribution in [0.4, 0.5) is 0 Å². The molecule has 0 saturated heterocycles. The Morgan fingerprint density at radius 2 is 1.69 bits per heavy atom. The second-order valence-corrected chi connectivity index (χ2v) is 8.00. The third-order valence-corrected chi connectivity index (χ3v) is 4.91. The molecular formula is C19H23NO5S. The number of aliphatic carboxylic acids is 1. The lowest BCUT2D eigenvalue weighted by atomic mass is 10.0. The van der Waals surface area contributed by atoms with Crippen LogP contribution < -0.4 is 9.46 Å². The summed E-state index contributed by atoms with van der Waals surface area (Å²) in [6.07, 6.45) is -0.335. The van der Waals surface area contributed by atoms with E-state index in [1.165, 1.54) is 0 Å². The molecule has 0 amide bonds. The highest BCUT2D eigenvalue weighted by Gasteiger charge is 2.22. The molecule has 26 heavy (non-hydrogen) atoms. The highest BCUT2D eigenvalue weighted by atomic mass is 32.2. The van der Waals surface area contributed by atoms with Crippen LogP contribution in [-0.2, 0) is 20.6 Å². The van der Waals surface area contributed by atoms with E-state index in [2.05, 4.69) is 4.72 Å². The maximum absolute atomic E-state index is 12.4. The normalized spacial score (nSPS) is 12.7. The molecular weight excluding hydrogens is 354 g/mol. The molecule has 0 spiro atoms. The average Bonchev–Trinajstić information content (AvgIpc) is 2.54. The van der Waals surface area contributed by atoms with Gasteiger partial charge in [-0.05, 0) is 37.1 Å². The summed E-state index contributed by atoms with van der Waals surface area (Å²) in [5.74, 6) is -0.650. The zero-order valence-corrected chi connectivity index (χ0v) is 15.6. The lowest BCUT2D eigenvalue weighted by Gasteiger charge is -2.18. The van der Waals surface area contributed by atoms with Gasteiger partial charge in [0.05, 0.1) is 24.3 Å². The fourth-order valence-electron chi connectivity index (χ4n) is 2.51. The molecule has 0 aromatic heterocycles. The summed E-state index contributed by atoms with van der Waals surface area (Å²) in [5, 5.41) is 9.15. The van der Waals surface area contributed by atoms with E-state index in [1.54, 1.807) is 54.6 Å². The monoisotopic (exact) mass is 377 g/mol. The van der Waals surface area contributed by atoms with Gasteiger partial charge in [-0.2, -0.15) is 0 Å². The molecule has 2 N–H and O–H groups in total. The fourth-order valence-corrected chi connectivity index (χ4v) is 3.87. The van der Waals surface area contributed by atoms with Crippen molar-refractivity contribution in [3.8, 4) is 5.75 Å². The summed E-state index contributed by atoms with van der Waals surface area (Å²) >= 11 is 0. The van der Waals surface area contributed by atoms with E-state index in [9.17, 15) is 13.2 Å². The Bertz CT molecular complexity index is 817. The number of rotatable bonds is 9. The van der Waals surface area contributed by atoms with E-state index < -0.39 is 22.0 Å². The van der Waals surface area contributed by atoms with Gasteiger partial charge in [0.1, 0.15) is 5.75 Å². The number of carbonyl (C=O) groups is 1. The molecule has 0 aliphatic carbocycles. The van der Waals surface area contributed by atoms with Crippen LogP contribution in [-0.4, -0.2) is 25.6 Å². The number of nitrogens with one attached hydrogen (secondary N) is 1. The Hall–Kier alpha value is -2.38. The van der Waals surface area contributed by atoms with Crippen molar-refractivity contribution in [1.82, 2.24) is 4.72 Å². The first-order chi connectivity index (χ1) is 12.2. The minimum absolute atomic E-state index is 0.0139. The Morgan fingerprint density at radius 1 is 1.08 bits per heavy atom. The molecule has 140 valence electrons. The third-order valence-electron chi connectivity index (χ3n) is 3.55.